The Kier molecular flexibility index (Phi) is 6.61. The highest BCUT2D eigenvalue weighted by atomic mass is 32.2. The van der Waals surface area contributed by atoms with Gasteiger partial charge in [0.15, 0.2) is 11.2 Å². The second kappa shape index (κ2) is 8.94. The van der Waals surface area contributed by atoms with Crippen LogP contribution in [-0.4, -0.2) is 50.4 Å². The van der Waals surface area contributed by atoms with E-state index in [0.29, 0.717) is 24.3 Å². The average Bonchev–Trinajstić information content (AvgIpc) is 3.22. The molecular formula is C21H28N6O5S. The molecule has 11 nitrogen and oxygen atoms in total. The minimum absolute atomic E-state index is 0.119. The predicted octanol–water partition coefficient (Wildman–Crippen LogP) is 0.972. The molecule has 3 aromatic rings. The van der Waals surface area contributed by atoms with Crippen LogP contribution in [0.2, 0.25) is 0 Å². The zero-order chi connectivity index (χ0) is 24.7. The van der Waals surface area contributed by atoms with E-state index in [1.807, 2.05) is 0 Å². The smallest absolute Gasteiger partial charge is 0.324 e. The van der Waals surface area contributed by atoms with Crippen LogP contribution in [0.5, 0.6) is 0 Å². The standard InChI is InChI=1S/C21H28N6O5S/c1-7-26(8-2)33(31,32)16-11-15(10-9-13(16)3)23-19(28)14(4)27-12-22-18-17(27)20(29)25(6)21(30)24(18)5/h9-12,14H,7-8H2,1-6H3,(H,23,28). The molecule has 1 aromatic carbocycles. The molecule has 0 saturated heterocycles. The van der Waals surface area contributed by atoms with Gasteiger partial charge in [0.05, 0.1) is 11.2 Å². The molecule has 1 amide bonds. The van der Waals surface area contributed by atoms with Gasteiger partial charge in [-0.25, -0.2) is 18.2 Å². The Hall–Kier alpha value is -3.25. The highest BCUT2D eigenvalue weighted by Gasteiger charge is 2.25. The van der Waals surface area contributed by atoms with Crippen molar-refractivity contribution in [2.24, 2.45) is 14.1 Å². The maximum Gasteiger partial charge on any atom is 0.332 e. The van der Waals surface area contributed by atoms with Gasteiger partial charge < -0.3 is 9.88 Å². The summed E-state index contributed by atoms with van der Waals surface area (Å²) in [6, 6.07) is 3.83. The van der Waals surface area contributed by atoms with Crippen molar-refractivity contribution in [2.75, 3.05) is 18.4 Å². The van der Waals surface area contributed by atoms with Crippen molar-refractivity contribution in [3.8, 4) is 0 Å². The maximum absolute atomic E-state index is 13.0. The third kappa shape index (κ3) is 4.11. The minimum Gasteiger partial charge on any atom is -0.324 e. The summed E-state index contributed by atoms with van der Waals surface area (Å²) in [6.45, 7) is 7.47. The van der Waals surface area contributed by atoms with Gasteiger partial charge in [-0.3, -0.25) is 18.7 Å². The Morgan fingerprint density at radius 1 is 1.15 bits per heavy atom. The third-order valence-electron chi connectivity index (χ3n) is 5.75. The van der Waals surface area contributed by atoms with Crippen LogP contribution in [0.1, 0.15) is 32.4 Å². The number of amides is 1. The first-order valence-corrected chi connectivity index (χ1v) is 11.9. The van der Waals surface area contributed by atoms with Crippen molar-refractivity contribution in [2.45, 2.75) is 38.6 Å². The number of aryl methyl sites for hydroxylation is 2. The van der Waals surface area contributed by atoms with E-state index in [1.165, 1.54) is 39.9 Å². The fourth-order valence-electron chi connectivity index (χ4n) is 3.69. The summed E-state index contributed by atoms with van der Waals surface area (Å²) in [6.07, 6.45) is 1.33. The Bertz CT molecular complexity index is 1450. The first-order chi connectivity index (χ1) is 15.4. The molecule has 178 valence electrons. The second-order valence-electron chi connectivity index (χ2n) is 7.76. The summed E-state index contributed by atoms with van der Waals surface area (Å²) >= 11 is 0. The molecule has 1 unspecified atom stereocenters. The van der Waals surface area contributed by atoms with Gasteiger partial charge in [0, 0.05) is 32.9 Å². The Labute approximate surface area is 191 Å². The van der Waals surface area contributed by atoms with Crippen LogP contribution in [0.25, 0.3) is 11.2 Å². The van der Waals surface area contributed by atoms with E-state index in [1.54, 1.807) is 39.8 Å². The van der Waals surface area contributed by atoms with Crippen LogP contribution < -0.4 is 16.6 Å². The lowest BCUT2D eigenvalue weighted by atomic mass is 10.2. The van der Waals surface area contributed by atoms with Gasteiger partial charge in [-0.15, -0.1) is 0 Å². The normalized spacial score (nSPS) is 12.9. The zero-order valence-corrected chi connectivity index (χ0v) is 20.3. The van der Waals surface area contributed by atoms with Crippen LogP contribution in [0, 0.1) is 6.92 Å². The maximum atomic E-state index is 13.0. The molecule has 0 saturated carbocycles. The second-order valence-corrected chi connectivity index (χ2v) is 9.67. The molecule has 0 aliphatic carbocycles. The predicted molar refractivity (Wildman–Crippen MR) is 125 cm³/mol. The Morgan fingerprint density at radius 3 is 2.39 bits per heavy atom. The van der Waals surface area contributed by atoms with Crippen molar-refractivity contribution < 1.29 is 13.2 Å². The van der Waals surface area contributed by atoms with Crippen LogP contribution in [0.3, 0.4) is 0 Å². The lowest BCUT2D eigenvalue weighted by molar-refractivity contribution is -0.118. The van der Waals surface area contributed by atoms with E-state index in [0.717, 1.165) is 4.57 Å². The molecule has 0 spiro atoms. The molecule has 3 rings (SSSR count). The highest BCUT2D eigenvalue weighted by molar-refractivity contribution is 7.89. The largest absolute Gasteiger partial charge is 0.332 e. The van der Waals surface area contributed by atoms with Gasteiger partial charge in [-0.05, 0) is 31.5 Å². The first-order valence-electron chi connectivity index (χ1n) is 10.5. The molecule has 0 aliphatic heterocycles. The number of carbonyl (C=O) groups is 1. The number of aromatic nitrogens is 4. The molecule has 33 heavy (non-hydrogen) atoms. The topological polar surface area (TPSA) is 128 Å². The molecule has 0 aliphatic rings. The lowest BCUT2D eigenvalue weighted by Crippen LogP contribution is -2.38. The van der Waals surface area contributed by atoms with Crippen molar-refractivity contribution >= 4 is 32.8 Å². The molecule has 1 atom stereocenters. The molecule has 0 fully saturated rings. The fourth-order valence-corrected chi connectivity index (χ4v) is 5.40. The summed E-state index contributed by atoms with van der Waals surface area (Å²) in [4.78, 5) is 42.1. The van der Waals surface area contributed by atoms with Gasteiger partial charge in [-0.2, -0.15) is 4.31 Å². The SMILES string of the molecule is CCN(CC)S(=O)(=O)c1cc(NC(=O)C(C)n2cnc3c2c(=O)n(C)c(=O)n3C)ccc1C. The van der Waals surface area contributed by atoms with Crippen molar-refractivity contribution in [1.82, 2.24) is 23.0 Å². The van der Waals surface area contributed by atoms with E-state index < -0.39 is 33.2 Å². The van der Waals surface area contributed by atoms with Crippen molar-refractivity contribution in [3.63, 3.8) is 0 Å². The van der Waals surface area contributed by atoms with Crippen LogP contribution >= 0.6 is 0 Å². The number of imidazole rings is 1. The number of anilines is 1. The Balaban J connectivity index is 1.98. The third-order valence-corrected chi connectivity index (χ3v) is 7.94. The fraction of sp³-hybridized carbons (Fsp3) is 0.429. The Morgan fingerprint density at radius 2 is 1.79 bits per heavy atom. The van der Waals surface area contributed by atoms with E-state index in [4.69, 9.17) is 0 Å². The molecule has 12 heteroatoms. The van der Waals surface area contributed by atoms with E-state index in [9.17, 15) is 22.8 Å². The number of rotatable bonds is 7. The first kappa shape index (κ1) is 24.4. The quantitative estimate of drug-likeness (QED) is 0.541. The number of nitrogens with zero attached hydrogens (tertiary/aromatic N) is 5. The van der Waals surface area contributed by atoms with Gasteiger partial charge in [0.25, 0.3) is 5.56 Å². The monoisotopic (exact) mass is 476 g/mol. The van der Waals surface area contributed by atoms with Gasteiger partial charge in [0.2, 0.25) is 15.9 Å². The number of fused-ring (bicyclic) bond motifs is 1. The summed E-state index contributed by atoms with van der Waals surface area (Å²) in [5.74, 6) is -0.472. The molecule has 2 heterocycles. The highest BCUT2D eigenvalue weighted by Crippen LogP contribution is 2.24. The van der Waals surface area contributed by atoms with Crippen molar-refractivity contribution in [3.05, 3.63) is 50.9 Å². The summed E-state index contributed by atoms with van der Waals surface area (Å²) in [5.41, 5.74) is 0.0946. The molecule has 1 N–H and O–H groups in total. The average molecular weight is 477 g/mol. The number of nitrogens with one attached hydrogen (secondary N) is 1. The summed E-state index contributed by atoms with van der Waals surface area (Å²) in [7, 11) is -0.857. The zero-order valence-electron chi connectivity index (χ0n) is 19.5. The van der Waals surface area contributed by atoms with Gasteiger partial charge in [-0.1, -0.05) is 19.9 Å². The molecule has 2 aromatic heterocycles. The van der Waals surface area contributed by atoms with Crippen molar-refractivity contribution in [1.29, 1.82) is 0 Å². The van der Waals surface area contributed by atoms with Gasteiger partial charge in [0.1, 0.15) is 6.04 Å². The number of carbonyl (C=O) groups excluding carboxylic acids is 1. The molecule has 0 bridgehead atoms. The minimum atomic E-state index is -3.71. The van der Waals surface area contributed by atoms with Crippen LogP contribution in [0.4, 0.5) is 5.69 Å². The number of hydrogen-bond donors (Lipinski definition) is 1. The van der Waals surface area contributed by atoms with E-state index in [2.05, 4.69) is 10.3 Å². The van der Waals surface area contributed by atoms with E-state index in [-0.39, 0.29) is 16.1 Å². The molecular weight excluding hydrogens is 448 g/mol. The number of sulfonamides is 1. The van der Waals surface area contributed by atoms with Crippen LogP contribution in [-0.2, 0) is 28.9 Å². The lowest BCUT2D eigenvalue weighted by Gasteiger charge is -2.21. The van der Waals surface area contributed by atoms with Crippen LogP contribution in [0.15, 0.2) is 39.0 Å². The van der Waals surface area contributed by atoms with E-state index >= 15 is 0 Å². The number of hydrogen-bond acceptors (Lipinski definition) is 6. The summed E-state index contributed by atoms with van der Waals surface area (Å²) in [5, 5.41) is 2.72. The molecule has 0 radical (unpaired) electrons. The summed E-state index contributed by atoms with van der Waals surface area (Å²) < 4.78 is 30.9. The van der Waals surface area contributed by atoms with Gasteiger partial charge >= 0.3 is 5.69 Å². The number of benzene rings is 1.